The Balaban J connectivity index is 1.53. The Bertz CT molecular complexity index is 714. The highest BCUT2D eigenvalue weighted by molar-refractivity contribution is 5.92. The lowest BCUT2D eigenvalue weighted by Gasteiger charge is -2.31. The van der Waals surface area contributed by atoms with Gasteiger partial charge in [0.2, 0.25) is 5.88 Å². The molecule has 9 heteroatoms. The van der Waals surface area contributed by atoms with Crippen molar-refractivity contribution in [2.24, 2.45) is 0 Å². The van der Waals surface area contributed by atoms with E-state index in [0.717, 1.165) is 12.3 Å². The van der Waals surface area contributed by atoms with E-state index in [0.29, 0.717) is 25.9 Å². The lowest BCUT2D eigenvalue weighted by atomic mass is 10.1. The summed E-state index contributed by atoms with van der Waals surface area (Å²) in [5.41, 5.74) is -0.532. The fraction of sp³-hybridized carbons (Fsp3) is 0.375. The molecular weight excluding hydrogens is 337 g/mol. The number of likely N-dealkylation sites (tertiary alicyclic amines) is 1. The molecule has 0 aromatic carbocycles. The summed E-state index contributed by atoms with van der Waals surface area (Å²) in [5.74, 6) is -0.0501. The fourth-order valence-corrected chi connectivity index (χ4v) is 2.54. The van der Waals surface area contributed by atoms with Crippen LogP contribution in [0.15, 0.2) is 36.9 Å². The topological polar surface area (TPSA) is 68.2 Å². The van der Waals surface area contributed by atoms with Crippen molar-refractivity contribution < 1.29 is 22.7 Å². The molecule has 0 atom stereocenters. The van der Waals surface area contributed by atoms with Gasteiger partial charge in [0.05, 0.1) is 11.8 Å². The molecule has 1 aliphatic rings. The first-order chi connectivity index (χ1) is 11.9. The van der Waals surface area contributed by atoms with Crippen molar-refractivity contribution in [3.8, 4) is 5.88 Å². The van der Waals surface area contributed by atoms with Crippen LogP contribution in [-0.4, -0.2) is 45.0 Å². The average Bonchev–Trinajstić information content (AvgIpc) is 2.62. The smallest absolute Gasteiger partial charge is 0.417 e. The van der Waals surface area contributed by atoms with E-state index in [1.165, 1.54) is 24.7 Å². The lowest BCUT2D eigenvalue weighted by Crippen LogP contribution is -2.42. The van der Waals surface area contributed by atoms with Gasteiger partial charge in [-0.3, -0.25) is 9.78 Å². The SMILES string of the molecule is O=C(c1cnccn1)N1CCC(Oc2ccc(C(F)(F)F)cn2)CC1. The van der Waals surface area contributed by atoms with Crippen molar-refractivity contribution in [2.45, 2.75) is 25.1 Å². The Kier molecular flexibility index (Phi) is 4.82. The third-order valence-corrected chi connectivity index (χ3v) is 3.86. The van der Waals surface area contributed by atoms with Crippen LogP contribution in [0.3, 0.4) is 0 Å². The molecule has 3 rings (SSSR count). The zero-order valence-electron chi connectivity index (χ0n) is 13.1. The number of hydrogen-bond acceptors (Lipinski definition) is 5. The maximum Gasteiger partial charge on any atom is 0.417 e. The minimum atomic E-state index is -4.42. The molecule has 0 N–H and O–H groups in total. The molecule has 0 unspecified atom stereocenters. The molecule has 0 radical (unpaired) electrons. The molecule has 0 saturated carbocycles. The number of nitrogens with zero attached hydrogens (tertiary/aromatic N) is 4. The van der Waals surface area contributed by atoms with Gasteiger partial charge >= 0.3 is 6.18 Å². The normalized spacial score (nSPS) is 15.9. The number of carbonyl (C=O) groups excluding carboxylic acids is 1. The number of amides is 1. The van der Waals surface area contributed by atoms with Crippen molar-refractivity contribution in [1.29, 1.82) is 0 Å². The van der Waals surface area contributed by atoms with Gasteiger partial charge in [0.1, 0.15) is 11.8 Å². The summed E-state index contributed by atoms with van der Waals surface area (Å²) in [6.45, 7) is 0.946. The van der Waals surface area contributed by atoms with Crippen LogP contribution in [0.4, 0.5) is 13.2 Å². The Morgan fingerprint density at radius 3 is 2.44 bits per heavy atom. The highest BCUT2D eigenvalue weighted by Crippen LogP contribution is 2.29. The van der Waals surface area contributed by atoms with Gasteiger partial charge in [0.25, 0.3) is 5.91 Å². The lowest BCUT2D eigenvalue weighted by molar-refractivity contribution is -0.137. The van der Waals surface area contributed by atoms with E-state index in [-0.39, 0.29) is 23.6 Å². The average molecular weight is 352 g/mol. The molecule has 0 spiro atoms. The summed E-state index contributed by atoms with van der Waals surface area (Å²) < 4.78 is 43.1. The molecule has 1 fully saturated rings. The number of piperidine rings is 1. The van der Waals surface area contributed by atoms with Crippen molar-refractivity contribution in [2.75, 3.05) is 13.1 Å². The molecule has 1 saturated heterocycles. The second-order valence-electron chi connectivity index (χ2n) is 5.58. The number of hydrogen-bond donors (Lipinski definition) is 0. The highest BCUT2D eigenvalue weighted by Gasteiger charge is 2.31. The van der Waals surface area contributed by atoms with Crippen LogP contribution >= 0.6 is 0 Å². The van der Waals surface area contributed by atoms with Crippen molar-refractivity contribution in [1.82, 2.24) is 19.9 Å². The van der Waals surface area contributed by atoms with E-state index in [4.69, 9.17) is 4.74 Å². The molecule has 25 heavy (non-hydrogen) atoms. The zero-order chi connectivity index (χ0) is 17.9. The van der Waals surface area contributed by atoms with Crippen LogP contribution in [0.2, 0.25) is 0 Å². The third-order valence-electron chi connectivity index (χ3n) is 3.86. The van der Waals surface area contributed by atoms with Gasteiger partial charge in [-0.2, -0.15) is 13.2 Å². The van der Waals surface area contributed by atoms with E-state index in [1.54, 1.807) is 4.90 Å². The maximum absolute atomic E-state index is 12.5. The summed E-state index contributed by atoms with van der Waals surface area (Å²) in [5, 5.41) is 0. The second kappa shape index (κ2) is 7.04. The number of ether oxygens (including phenoxy) is 1. The predicted molar refractivity (Wildman–Crippen MR) is 80.8 cm³/mol. The maximum atomic E-state index is 12.5. The first-order valence-corrected chi connectivity index (χ1v) is 7.68. The van der Waals surface area contributed by atoms with Crippen molar-refractivity contribution in [3.63, 3.8) is 0 Å². The van der Waals surface area contributed by atoms with Gasteiger partial charge in [-0.25, -0.2) is 9.97 Å². The zero-order valence-corrected chi connectivity index (χ0v) is 13.1. The minimum absolute atomic E-state index is 0.145. The molecule has 1 aliphatic heterocycles. The fourth-order valence-electron chi connectivity index (χ4n) is 2.54. The van der Waals surface area contributed by atoms with E-state index >= 15 is 0 Å². The van der Waals surface area contributed by atoms with Gasteiger partial charge in [0.15, 0.2) is 0 Å². The Morgan fingerprint density at radius 1 is 1.12 bits per heavy atom. The molecule has 1 amide bonds. The van der Waals surface area contributed by atoms with E-state index in [9.17, 15) is 18.0 Å². The molecule has 3 heterocycles. The Hall–Kier alpha value is -2.71. The highest BCUT2D eigenvalue weighted by atomic mass is 19.4. The van der Waals surface area contributed by atoms with Crippen molar-refractivity contribution >= 4 is 5.91 Å². The first-order valence-electron chi connectivity index (χ1n) is 7.68. The van der Waals surface area contributed by atoms with Crippen LogP contribution in [0.1, 0.15) is 28.9 Å². The van der Waals surface area contributed by atoms with E-state index in [1.807, 2.05) is 0 Å². The predicted octanol–water partition coefficient (Wildman–Crippen LogP) is 2.57. The summed E-state index contributed by atoms with van der Waals surface area (Å²) in [6, 6.07) is 2.15. The molecule has 2 aromatic rings. The summed E-state index contributed by atoms with van der Waals surface area (Å²) in [4.78, 5) is 25.5. The van der Waals surface area contributed by atoms with Crippen LogP contribution in [-0.2, 0) is 6.18 Å². The van der Waals surface area contributed by atoms with Gasteiger partial charge in [-0.15, -0.1) is 0 Å². The molecule has 0 bridgehead atoms. The minimum Gasteiger partial charge on any atom is -0.474 e. The van der Waals surface area contributed by atoms with Crippen LogP contribution in [0, 0.1) is 0 Å². The van der Waals surface area contributed by atoms with Gasteiger partial charge in [0, 0.05) is 50.6 Å². The number of alkyl halides is 3. The summed E-state index contributed by atoms with van der Waals surface area (Å²) in [7, 11) is 0. The molecule has 132 valence electrons. The van der Waals surface area contributed by atoms with Crippen LogP contribution in [0.25, 0.3) is 0 Å². The van der Waals surface area contributed by atoms with E-state index < -0.39 is 11.7 Å². The van der Waals surface area contributed by atoms with Gasteiger partial charge in [-0.05, 0) is 6.07 Å². The number of carbonyl (C=O) groups is 1. The molecular formula is C16H15F3N4O2. The largest absolute Gasteiger partial charge is 0.474 e. The second-order valence-corrected chi connectivity index (χ2v) is 5.58. The van der Waals surface area contributed by atoms with Crippen molar-refractivity contribution in [3.05, 3.63) is 48.2 Å². The monoisotopic (exact) mass is 352 g/mol. The number of aromatic nitrogens is 3. The number of halogens is 3. The molecule has 6 nitrogen and oxygen atoms in total. The van der Waals surface area contributed by atoms with E-state index in [2.05, 4.69) is 15.0 Å². The van der Waals surface area contributed by atoms with Gasteiger partial charge < -0.3 is 9.64 Å². The van der Waals surface area contributed by atoms with Gasteiger partial charge in [-0.1, -0.05) is 0 Å². The Morgan fingerprint density at radius 2 is 1.88 bits per heavy atom. The first kappa shape index (κ1) is 17.1. The molecule has 0 aliphatic carbocycles. The summed E-state index contributed by atoms with van der Waals surface area (Å²) >= 11 is 0. The summed E-state index contributed by atoms with van der Waals surface area (Å²) in [6.07, 6.45) is 1.63. The Labute approximate surface area is 141 Å². The third kappa shape index (κ3) is 4.23. The number of rotatable bonds is 3. The van der Waals surface area contributed by atoms with Crippen LogP contribution in [0.5, 0.6) is 5.88 Å². The molecule has 2 aromatic heterocycles. The number of pyridine rings is 1. The quantitative estimate of drug-likeness (QED) is 0.849. The standard InChI is InChI=1S/C16H15F3N4O2/c17-16(18,19)11-1-2-14(22-9-11)25-12-3-7-23(8-4-12)15(24)13-10-20-5-6-21-13/h1-2,5-6,9-10,12H,3-4,7-8H2. The van der Waals surface area contributed by atoms with Crippen LogP contribution < -0.4 is 4.74 Å².